The number of nitrogens with zero attached hydrogens (tertiary/aromatic N) is 2. The molecule has 1 aromatic carbocycles. The van der Waals surface area contributed by atoms with Crippen molar-refractivity contribution in [1.29, 1.82) is 0 Å². The number of guanidine groups is 1. The second-order valence-electron chi connectivity index (χ2n) is 8.44. The molecule has 0 saturated heterocycles. The summed E-state index contributed by atoms with van der Waals surface area (Å²) < 4.78 is 10.7. The quantitative estimate of drug-likeness (QED) is 0.234. The van der Waals surface area contributed by atoms with Crippen LogP contribution in [0.15, 0.2) is 40.9 Å². The summed E-state index contributed by atoms with van der Waals surface area (Å²) in [5.74, 6) is 0.788. The first kappa shape index (κ1) is 27.2. The Hall–Kier alpha value is -1.81. The van der Waals surface area contributed by atoms with E-state index < -0.39 is 5.60 Å². The zero-order valence-corrected chi connectivity index (χ0v) is 21.7. The molecular formula is C23H37IN4O3. The van der Waals surface area contributed by atoms with E-state index in [2.05, 4.69) is 33.8 Å². The van der Waals surface area contributed by atoms with Crippen LogP contribution in [0.5, 0.6) is 0 Å². The van der Waals surface area contributed by atoms with E-state index in [9.17, 15) is 4.79 Å². The van der Waals surface area contributed by atoms with E-state index in [0.29, 0.717) is 13.1 Å². The third-order valence-corrected chi connectivity index (χ3v) is 4.63. The molecule has 1 aromatic rings. The third kappa shape index (κ3) is 10.9. The highest BCUT2D eigenvalue weighted by molar-refractivity contribution is 14.0. The summed E-state index contributed by atoms with van der Waals surface area (Å²) in [5.41, 5.74) is 3.15. The van der Waals surface area contributed by atoms with Gasteiger partial charge in [-0.3, -0.25) is 4.99 Å². The van der Waals surface area contributed by atoms with Crippen LogP contribution in [0.3, 0.4) is 0 Å². The van der Waals surface area contributed by atoms with Gasteiger partial charge in [0.05, 0.1) is 13.2 Å². The SMILES string of the molecule is CN=C(NCCC1=CCOCC1)NCc1ccc(CN(C)C(=O)OC(C)(C)C)cc1.I. The van der Waals surface area contributed by atoms with Crippen molar-refractivity contribution in [2.75, 3.05) is 33.9 Å². The number of benzene rings is 1. The molecular weight excluding hydrogens is 507 g/mol. The summed E-state index contributed by atoms with van der Waals surface area (Å²) in [6.45, 7) is 9.18. The van der Waals surface area contributed by atoms with Gasteiger partial charge in [0.1, 0.15) is 5.60 Å². The van der Waals surface area contributed by atoms with Crippen LogP contribution in [0.4, 0.5) is 4.79 Å². The molecule has 1 amide bonds. The normalized spacial score (nSPS) is 14.2. The maximum absolute atomic E-state index is 12.1. The van der Waals surface area contributed by atoms with Gasteiger partial charge in [-0.05, 0) is 44.7 Å². The number of rotatable bonds is 7. The van der Waals surface area contributed by atoms with E-state index in [1.807, 2.05) is 32.9 Å². The summed E-state index contributed by atoms with van der Waals surface area (Å²) in [7, 11) is 3.52. The van der Waals surface area contributed by atoms with Gasteiger partial charge in [-0.15, -0.1) is 24.0 Å². The molecule has 31 heavy (non-hydrogen) atoms. The van der Waals surface area contributed by atoms with Crippen LogP contribution in [0.25, 0.3) is 0 Å². The van der Waals surface area contributed by atoms with Crippen molar-refractivity contribution in [3.8, 4) is 0 Å². The molecule has 0 spiro atoms. The lowest BCUT2D eigenvalue weighted by Crippen LogP contribution is -2.37. The van der Waals surface area contributed by atoms with Gasteiger partial charge < -0.3 is 25.0 Å². The fraction of sp³-hybridized carbons (Fsp3) is 0.565. The van der Waals surface area contributed by atoms with E-state index >= 15 is 0 Å². The van der Waals surface area contributed by atoms with Gasteiger partial charge in [0, 0.05) is 33.7 Å². The Labute approximate surface area is 203 Å². The molecule has 1 aliphatic rings. The van der Waals surface area contributed by atoms with Crippen LogP contribution in [0.2, 0.25) is 0 Å². The van der Waals surface area contributed by atoms with Crippen LogP contribution in [0.1, 0.15) is 44.7 Å². The fourth-order valence-electron chi connectivity index (χ4n) is 2.98. The zero-order chi connectivity index (χ0) is 22.0. The average molecular weight is 544 g/mol. The van der Waals surface area contributed by atoms with Gasteiger partial charge in [0.2, 0.25) is 0 Å². The molecule has 7 nitrogen and oxygen atoms in total. The predicted molar refractivity (Wildman–Crippen MR) is 136 cm³/mol. The van der Waals surface area contributed by atoms with E-state index in [-0.39, 0.29) is 30.1 Å². The molecule has 0 radical (unpaired) electrons. The molecule has 0 saturated carbocycles. The minimum absolute atomic E-state index is 0. The molecule has 0 aromatic heterocycles. The van der Waals surface area contributed by atoms with Gasteiger partial charge >= 0.3 is 6.09 Å². The maximum Gasteiger partial charge on any atom is 0.410 e. The minimum atomic E-state index is -0.491. The highest BCUT2D eigenvalue weighted by Crippen LogP contribution is 2.13. The number of halogens is 1. The Morgan fingerprint density at radius 3 is 2.45 bits per heavy atom. The second-order valence-corrected chi connectivity index (χ2v) is 8.44. The third-order valence-electron chi connectivity index (χ3n) is 4.63. The number of nitrogens with one attached hydrogen (secondary N) is 2. The monoisotopic (exact) mass is 544 g/mol. The summed E-state index contributed by atoms with van der Waals surface area (Å²) >= 11 is 0. The number of carbonyl (C=O) groups excluding carboxylic acids is 1. The standard InChI is InChI=1S/C23H36N4O3.HI/c1-23(2,3)30-22(28)27(5)17-20-8-6-19(7-9-20)16-26-21(24-4)25-13-10-18-11-14-29-15-12-18;/h6-9,11H,10,12-17H2,1-5H3,(H2,24,25,26);1H. The first-order chi connectivity index (χ1) is 14.3. The minimum Gasteiger partial charge on any atom is -0.444 e. The van der Waals surface area contributed by atoms with E-state index in [4.69, 9.17) is 9.47 Å². The fourth-order valence-corrected chi connectivity index (χ4v) is 2.98. The number of carbonyl (C=O) groups is 1. The van der Waals surface area contributed by atoms with Crippen molar-refractivity contribution in [3.63, 3.8) is 0 Å². The number of aliphatic imine (C=N–C) groups is 1. The summed E-state index contributed by atoms with van der Waals surface area (Å²) in [5, 5.41) is 6.69. The molecule has 2 N–H and O–H groups in total. The number of hydrogen-bond donors (Lipinski definition) is 2. The molecule has 2 rings (SSSR count). The highest BCUT2D eigenvalue weighted by Gasteiger charge is 2.19. The van der Waals surface area contributed by atoms with Crippen molar-refractivity contribution < 1.29 is 14.3 Å². The highest BCUT2D eigenvalue weighted by atomic mass is 127. The lowest BCUT2D eigenvalue weighted by Gasteiger charge is -2.24. The van der Waals surface area contributed by atoms with Gasteiger partial charge in [-0.25, -0.2) is 4.79 Å². The molecule has 0 atom stereocenters. The molecule has 8 heteroatoms. The maximum atomic E-state index is 12.1. The largest absolute Gasteiger partial charge is 0.444 e. The van der Waals surface area contributed by atoms with Gasteiger partial charge in [0.25, 0.3) is 0 Å². The predicted octanol–water partition coefficient (Wildman–Crippen LogP) is 4.07. The number of hydrogen-bond acceptors (Lipinski definition) is 4. The Kier molecular flexibility index (Phi) is 11.9. The number of amides is 1. The Morgan fingerprint density at radius 1 is 1.19 bits per heavy atom. The van der Waals surface area contributed by atoms with Crippen molar-refractivity contribution >= 4 is 36.0 Å². The van der Waals surface area contributed by atoms with Crippen LogP contribution >= 0.6 is 24.0 Å². The Morgan fingerprint density at radius 2 is 1.87 bits per heavy atom. The van der Waals surface area contributed by atoms with Crippen LogP contribution in [0, 0.1) is 0 Å². The van der Waals surface area contributed by atoms with Crippen molar-refractivity contribution in [3.05, 3.63) is 47.0 Å². The molecule has 174 valence electrons. The number of ether oxygens (including phenoxy) is 2. The molecule has 1 heterocycles. The van der Waals surface area contributed by atoms with Crippen molar-refractivity contribution in [2.45, 2.75) is 52.3 Å². The summed E-state index contributed by atoms with van der Waals surface area (Å²) in [6, 6.07) is 8.19. The second kappa shape index (κ2) is 13.6. The lowest BCUT2D eigenvalue weighted by molar-refractivity contribution is 0.0285. The van der Waals surface area contributed by atoms with Crippen molar-refractivity contribution in [2.24, 2.45) is 4.99 Å². The van der Waals surface area contributed by atoms with Gasteiger partial charge in [-0.1, -0.05) is 35.9 Å². The van der Waals surface area contributed by atoms with E-state index in [0.717, 1.165) is 49.7 Å². The first-order valence-corrected chi connectivity index (χ1v) is 10.5. The summed E-state index contributed by atoms with van der Waals surface area (Å²) in [4.78, 5) is 18.0. The van der Waals surface area contributed by atoms with E-state index in [1.54, 1.807) is 19.0 Å². The molecule has 1 aliphatic heterocycles. The van der Waals surface area contributed by atoms with Crippen LogP contribution in [-0.4, -0.2) is 56.4 Å². The summed E-state index contributed by atoms with van der Waals surface area (Å²) in [6.07, 6.45) is 3.87. The van der Waals surface area contributed by atoms with Gasteiger partial charge in [-0.2, -0.15) is 0 Å². The lowest BCUT2D eigenvalue weighted by atomic mass is 10.1. The van der Waals surface area contributed by atoms with Crippen LogP contribution < -0.4 is 10.6 Å². The topological polar surface area (TPSA) is 75.2 Å². The zero-order valence-electron chi connectivity index (χ0n) is 19.4. The van der Waals surface area contributed by atoms with Crippen LogP contribution in [-0.2, 0) is 22.6 Å². The Balaban J connectivity index is 0.00000480. The molecule has 0 bridgehead atoms. The smallest absolute Gasteiger partial charge is 0.410 e. The molecule has 0 aliphatic carbocycles. The molecule has 0 unspecified atom stereocenters. The average Bonchev–Trinajstić information content (AvgIpc) is 2.71. The molecule has 0 fully saturated rings. The van der Waals surface area contributed by atoms with Gasteiger partial charge in [0.15, 0.2) is 5.96 Å². The Bertz CT molecular complexity index is 742. The van der Waals surface area contributed by atoms with E-state index in [1.165, 1.54) is 5.57 Å². The van der Waals surface area contributed by atoms with Crippen molar-refractivity contribution in [1.82, 2.24) is 15.5 Å². The first-order valence-electron chi connectivity index (χ1n) is 10.5.